The second-order valence-electron chi connectivity index (χ2n) is 8.43. The number of rotatable bonds is 8. The molecule has 0 saturated carbocycles. The van der Waals surface area contributed by atoms with Gasteiger partial charge in [-0.2, -0.15) is 0 Å². The van der Waals surface area contributed by atoms with Gasteiger partial charge in [0.25, 0.3) is 0 Å². The van der Waals surface area contributed by atoms with Crippen molar-refractivity contribution in [3.05, 3.63) is 71.6 Å². The molecule has 4 rings (SSSR count). The van der Waals surface area contributed by atoms with Gasteiger partial charge in [-0.05, 0) is 36.6 Å². The Morgan fingerprint density at radius 2 is 1.94 bits per heavy atom. The SMILES string of the molecule is CC(=O)Nc1ccc2c(c1)N(C)C(=O)[C@@H](CCCC(=O)c1cc(Cc3ccccc3)on1)CO2. The molecule has 0 aliphatic carbocycles. The summed E-state index contributed by atoms with van der Waals surface area (Å²) in [6, 6.07) is 16.7. The molecule has 0 spiro atoms. The first-order valence-corrected chi connectivity index (χ1v) is 11.3. The van der Waals surface area contributed by atoms with Crippen molar-refractivity contribution in [1.29, 1.82) is 0 Å². The van der Waals surface area contributed by atoms with E-state index in [0.29, 0.717) is 47.8 Å². The molecule has 1 N–H and O–H groups in total. The molecule has 1 aromatic heterocycles. The lowest BCUT2D eigenvalue weighted by Crippen LogP contribution is -2.33. The van der Waals surface area contributed by atoms with Crippen molar-refractivity contribution >= 4 is 29.0 Å². The van der Waals surface area contributed by atoms with Crippen LogP contribution in [0.15, 0.2) is 59.1 Å². The monoisotopic (exact) mass is 461 g/mol. The number of anilines is 2. The number of fused-ring (bicyclic) bond motifs is 1. The van der Waals surface area contributed by atoms with E-state index in [1.54, 1.807) is 36.2 Å². The molecule has 0 radical (unpaired) electrons. The van der Waals surface area contributed by atoms with E-state index in [1.807, 2.05) is 30.3 Å². The molecule has 0 fully saturated rings. The molecule has 2 aromatic carbocycles. The number of ketones is 1. The van der Waals surface area contributed by atoms with E-state index in [0.717, 1.165) is 5.56 Å². The Labute approximate surface area is 197 Å². The van der Waals surface area contributed by atoms with Crippen LogP contribution in [0, 0.1) is 5.92 Å². The van der Waals surface area contributed by atoms with Crippen molar-refractivity contribution in [2.75, 3.05) is 23.9 Å². The normalized spacial score (nSPS) is 15.3. The lowest BCUT2D eigenvalue weighted by atomic mass is 9.99. The zero-order valence-corrected chi connectivity index (χ0v) is 19.2. The average Bonchev–Trinajstić information content (AvgIpc) is 3.25. The molecule has 8 heteroatoms. The van der Waals surface area contributed by atoms with E-state index < -0.39 is 0 Å². The van der Waals surface area contributed by atoms with Crippen LogP contribution in [0.1, 0.15) is 48.0 Å². The first-order chi connectivity index (χ1) is 16.4. The van der Waals surface area contributed by atoms with Crippen LogP contribution in [-0.2, 0) is 16.0 Å². The Morgan fingerprint density at radius 1 is 1.15 bits per heavy atom. The molecule has 1 aliphatic rings. The Bertz CT molecular complexity index is 1190. The topological polar surface area (TPSA) is 102 Å². The van der Waals surface area contributed by atoms with Gasteiger partial charge in [0.1, 0.15) is 17.2 Å². The van der Waals surface area contributed by atoms with E-state index in [4.69, 9.17) is 9.26 Å². The van der Waals surface area contributed by atoms with Crippen molar-refractivity contribution in [2.24, 2.45) is 5.92 Å². The van der Waals surface area contributed by atoms with Gasteiger partial charge in [0.05, 0.1) is 18.2 Å². The van der Waals surface area contributed by atoms with Crippen LogP contribution in [0.25, 0.3) is 0 Å². The standard InChI is InChI=1S/C26H27N3O5/c1-17(30)27-20-11-12-25-23(14-20)29(2)26(32)19(16-33-25)9-6-10-24(31)22-15-21(34-28-22)13-18-7-4-3-5-8-18/h3-5,7-8,11-12,14-15,19H,6,9-10,13,16H2,1-2H3,(H,27,30)/t19-/m0/s1. The van der Waals surface area contributed by atoms with Gasteiger partial charge in [-0.25, -0.2) is 0 Å². The number of hydrogen-bond donors (Lipinski definition) is 1. The molecular weight excluding hydrogens is 434 g/mol. The van der Waals surface area contributed by atoms with Crippen molar-refractivity contribution < 1.29 is 23.6 Å². The number of amides is 2. The molecule has 1 atom stereocenters. The Hall–Kier alpha value is -3.94. The zero-order valence-electron chi connectivity index (χ0n) is 19.2. The fourth-order valence-electron chi connectivity index (χ4n) is 4.01. The minimum atomic E-state index is -0.375. The molecule has 0 saturated heterocycles. The van der Waals surface area contributed by atoms with Gasteiger partial charge in [-0.15, -0.1) is 0 Å². The summed E-state index contributed by atoms with van der Waals surface area (Å²) in [7, 11) is 1.69. The summed E-state index contributed by atoms with van der Waals surface area (Å²) in [4.78, 5) is 38.5. The van der Waals surface area contributed by atoms with Crippen LogP contribution in [0.5, 0.6) is 5.75 Å². The molecule has 176 valence electrons. The Balaban J connectivity index is 1.32. The van der Waals surface area contributed by atoms with Crippen LogP contribution in [0.4, 0.5) is 11.4 Å². The largest absolute Gasteiger partial charge is 0.491 e. The average molecular weight is 462 g/mol. The Kier molecular flexibility index (Phi) is 7.06. The number of carbonyl (C=O) groups excluding carboxylic acids is 3. The molecule has 1 aliphatic heterocycles. The van der Waals surface area contributed by atoms with Gasteiger partial charge in [0, 0.05) is 38.6 Å². The highest BCUT2D eigenvalue weighted by molar-refractivity contribution is 5.98. The zero-order chi connectivity index (χ0) is 24.1. The molecule has 0 unspecified atom stereocenters. The van der Waals surface area contributed by atoms with Gasteiger partial charge in [-0.3, -0.25) is 14.4 Å². The first kappa shape index (κ1) is 23.2. The molecule has 3 aromatic rings. The highest BCUT2D eigenvalue weighted by Gasteiger charge is 2.29. The van der Waals surface area contributed by atoms with E-state index >= 15 is 0 Å². The second kappa shape index (κ2) is 10.3. The molecule has 2 heterocycles. The Morgan fingerprint density at radius 3 is 2.71 bits per heavy atom. The predicted molar refractivity (Wildman–Crippen MR) is 127 cm³/mol. The summed E-state index contributed by atoms with van der Waals surface area (Å²) >= 11 is 0. The summed E-state index contributed by atoms with van der Waals surface area (Å²) in [5.41, 5.74) is 2.59. The van der Waals surface area contributed by atoms with Crippen molar-refractivity contribution in [1.82, 2.24) is 5.16 Å². The van der Waals surface area contributed by atoms with E-state index in [9.17, 15) is 14.4 Å². The fraction of sp³-hybridized carbons (Fsp3) is 0.308. The molecule has 34 heavy (non-hydrogen) atoms. The third-order valence-electron chi connectivity index (χ3n) is 5.78. The fourth-order valence-corrected chi connectivity index (χ4v) is 4.01. The third kappa shape index (κ3) is 5.51. The first-order valence-electron chi connectivity index (χ1n) is 11.3. The molecule has 0 bridgehead atoms. The van der Waals surface area contributed by atoms with Gasteiger partial charge in [0.15, 0.2) is 5.78 Å². The number of hydrogen-bond acceptors (Lipinski definition) is 6. The lowest BCUT2D eigenvalue weighted by Gasteiger charge is -2.20. The van der Waals surface area contributed by atoms with E-state index in [2.05, 4.69) is 10.5 Å². The molecule has 8 nitrogen and oxygen atoms in total. The third-order valence-corrected chi connectivity index (χ3v) is 5.78. The predicted octanol–water partition coefficient (Wildman–Crippen LogP) is 4.25. The number of Topliss-reactive ketones (excluding diaryl/α,β-unsaturated/α-hetero) is 1. The minimum absolute atomic E-state index is 0.0854. The summed E-state index contributed by atoms with van der Waals surface area (Å²) in [5.74, 6) is 0.460. The van der Waals surface area contributed by atoms with Crippen molar-refractivity contribution in [3.8, 4) is 5.75 Å². The van der Waals surface area contributed by atoms with Crippen LogP contribution in [-0.4, -0.2) is 36.4 Å². The smallest absolute Gasteiger partial charge is 0.233 e. The number of nitrogens with zero attached hydrogens (tertiary/aromatic N) is 2. The number of carbonyl (C=O) groups is 3. The van der Waals surface area contributed by atoms with Crippen LogP contribution in [0.3, 0.4) is 0 Å². The van der Waals surface area contributed by atoms with Gasteiger partial charge >= 0.3 is 0 Å². The summed E-state index contributed by atoms with van der Waals surface area (Å²) in [6.07, 6.45) is 1.88. The summed E-state index contributed by atoms with van der Waals surface area (Å²) < 4.78 is 11.2. The van der Waals surface area contributed by atoms with Gasteiger partial charge in [0.2, 0.25) is 11.8 Å². The van der Waals surface area contributed by atoms with E-state index in [1.165, 1.54) is 6.92 Å². The van der Waals surface area contributed by atoms with Gasteiger partial charge < -0.3 is 19.5 Å². The number of aromatic nitrogens is 1. The number of benzene rings is 2. The highest BCUT2D eigenvalue weighted by atomic mass is 16.5. The number of nitrogens with one attached hydrogen (secondary N) is 1. The summed E-state index contributed by atoms with van der Waals surface area (Å²) in [6.45, 7) is 1.66. The highest BCUT2D eigenvalue weighted by Crippen LogP contribution is 2.35. The maximum Gasteiger partial charge on any atom is 0.233 e. The summed E-state index contributed by atoms with van der Waals surface area (Å²) in [5, 5.41) is 6.64. The van der Waals surface area contributed by atoms with Crippen LogP contribution >= 0.6 is 0 Å². The van der Waals surface area contributed by atoms with Crippen molar-refractivity contribution in [2.45, 2.75) is 32.6 Å². The maximum absolute atomic E-state index is 13.0. The minimum Gasteiger partial charge on any atom is -0.491 e. The van der Waals surface area contributed by atoms with E-state index in [-0.39, 0.29) is 36.5 Å². The lowest BCUT2D eigenvalue weighted by molar-refractivity contribution is -0.122. The second-order valence-corrected chi connectivity index (χ2v) is 8.43. The number of ether oxygens (including phenoxy) is 1. The van der Waals surface area contributed by atoms with Crippen LogP contribution in [0.2, 0.25) is 0 Å². The maximum atomic E-state index is 13.0. The molecular formula is C26H27N3O5. The van der Waals surface area contributed by atoms with Crippen LogP contribution < -0.4 is 15.0 Å². The van der Waals surface area contributed by atoms with Crippen molar-refractivity contribution in [3.63, 3.8) is 0 Å². The molecule has 2 amide bonds. The van der Waals surface area contributed by atoms with Gasteiger partial charge in [-0.1, -0.05) is 35.5 Å². The quantitative estimate of drug-likeness (QED) is 0.503.